The first-order valence-electron chi connectivity index (χ1n) is 4.87. The molecule has 1 heterocycles. The Kier molecular flexibility index (Phi) is 3.74. The van der Waals surface area contributed by atoms with Crippen LogP contribution in [0.25, 0.3) is 0 Å². The van der Waals surface area contributed by atoms with E-state index in [1.54, 1.807) is 30.6 Å². The maximum Gasteiger partial charge on any atom is 0.195 e. The van der Waals surface area contributed by atoms with Crippen LogP contribution in [0, 0.1) is 0 Å². The van der Waals surface area contributed by atoms with Gasteiger partial charge in [-0.15, -0.1) is 0 Å². The topological polar surface area (TPSA) is 9.23 Å². The van der Waals surface area contributed by atoms with Gasteiger partial charge in [-0.2, -0.15) is 0 Å². The van der Waals surface area contributed by atoms with E-state index >= 15 is 0 Å². The van der Waals surface area contributed by atoms with Crippen molar-refractivity contribution in [3.63, 3.8) is 0 Å². The largest absolute Gasteiger partial charge is 0.353 e. The Bertz CT molecular complexity index is 427. The standard InChI is InChI=1S/C12H12OS3/c1-9-8-11(14)16-12(13-2,15-9)10-6-4-3-5-7-10/h3-8H,1-2H3. The third-order valence-corrected chi connectivity index (χ3v) is 5.22. The Morgan fingerprint density at radius 1 is 1.19 bits per heavy atom. The van der Waals surface area contributed by atoms with Crippen molar-refractivity contribution in [2.45, 2.75) is 11.2 Å². The van der Waals surface area contributed by atoms with E-state index in [4.69, 9.17) is 17.0 Å². The summed E-state index contributed by atoms with van der Waals surface area (Å²) in [5, 5.41) is 0. The highest BCUT2D eigenvalue weighted by molar-refractivity contribution is 8.32. The highest BCUT2D eigenvalue weighted by Gasteiger charge is 2.38. The van der Waals surface area contributed by atoms with E-state index in [0.29, 0.717) is 0 Å². The van der Waals surface area contributed by atoms with Crippen LogP contribution in [0.3, 0.4) is 0 Å². The molecule has 0 amide bonds. The van der Waals surface area contributed by atoms with Gasteiger partial charge in [0.15, 0.2) is 4.27 Å². The van der Waals surface area contributed by atoms with Gasteiger partial charge in [-0.25, -0.2) is 0 Å². The highest BCUT2D eigenvalue weighted by Crippen LogP contribution is 2.53. The number of ether oxygens (including phenoxy) is 1. The minimum absolute atomic E-state index is 0.419. The molecule has 1 aliphatic rings. The van der Waals surface area contributed by atoms with Crippen LogP contribution < -0.4 is 0 Å². The highest BCUT2D eigenvalue weighted by atomic mass is 32.2. The molecule has 0 fully saturated rings. The second-order valence-corrected chi connectivity index (χ2v) is 7.00. The van der Waals surface area contributed by atoms with Gasteiger partial charge < -0.3 is 4.74 Å². The van der Waals surface area contributed by atoms with Crippen LogP contribution in [0.15, 0.2) is 41.3 Å². The van der Waals surface area contributed by atoms with Crippen LogP contribution in [0.2, 0.25) is 0 Å². The summed E-state index contributed by atoms with van der Waals surface area (Å²) in [5.41, 5.74) is 1.14. The molecule has 1 aromatic rings. The zero-order valence-electron chi connectivity index (χ0n) is 9.10. The van der Waals surface area contributed by atoms with Gasteiger partial charge in [0, 0.05) is 12.7 Å². The molecule has 4 heteroatoms. The van der Waals surface area contributed by atoms with Gasteiger partial charge >= 0.3 is 0 Å². The van der Waals surface area contributed by atoms with Crippen molar-refractivity contribution in [1.82, 2.24) is 0 Å². The summed E-state index contributed by atoms with van der Waals surface area (Å²) in [5.74, 6) is 0. The lowest BCUT2D eigenvalue weighted by atomic mass is 10.2. The Labute approximate surface area is 110 Å². The third kappa shape index (κ3) is 2.35. The van der Waals surface area contributed by atoms with E-state index in [-0.39, 0.29) is 0 Å². The van der Waals surface area contributed by atoms with Crippen LogP contribution in [0.1, 0.15) is 12.5 Å². The molecule has 0 bridgehead atoms. The lowest BCUT2D eigenvalue weighted by molar-refractivity contribution is 0.148. The monoisotopic (exact) mass is 268 g/mol. The molecule has 1 atom stereocenters. The molecular weight excluding hydrogens is 256 g/mol. The predicted octanol–water partition coefficient (Wildman–Crippen LogP) is 4.15. The number of thiocarbonyl (C=S) groups is 1. The maximum absolute atomic E-state index is 5.70. The van der Waals surface area contributed by atoms with Crippen molar-refractivity contribution in [1.29, 1.82) is 0 Å². The summed E-state index contributed by atoms with van der Waals surface area (Å²) in [6.45, 7) is 2.06. The van der Waals surface area contributed by atoms with Crippen molar-refractivity contribution < 1.29 is 4.74 Å². The normalized spacial score (nSPS) is 25.4. The lowest BCUT2D eigenvalue weighted by Gasteiger charge is -2.34. The van der Waals surface area contributed by atoms with E-state index < -0.39 is 4.27 Å². The molecule has 0 saturated carbocycles. The minimum atomic E-state index is -0.419. The van der Waals surface area contributed by atoms with Crippen LogP contribution in [0.4, 0.5) is 0 Å². The molecule has 0 aliphatic carbocycles. The van der Waals surface area contributed by atoms with Gasteiger partial charge in [-0.1, -0.05) is 66.1 Å². The number of thioether (sulfide) groups is 2. The summed E-state index contributed by atoms with van der Waals surface area (Å²) in [6, 6.07) is 10.2. The van der Waals surface area contributed by atoms with Crippen molar-refractivity contribution in [3.8, 4) is 0 Å². The van der Waals surface area contributed by atoms with Crippen LogP contribution >= 0.6 is 35.7 Å². The molecule has 1 aliphatic heterocycles. The first-order chi connectivity index (χ1) is 7.66. The van der Waals surface area contributed by atoms with E-state index in [2.05, 4.69) is 19.1 Å². The van der Waals surface area contributed by atoms with Crippen molar-refractivity contribution in [2.75, 3.05) is 7.11 Å². The SMILES string of the molecule is COC1(c2ccccc2)SC(=S)C=C(C)S1. The molecule has 0 spiro atoms. The third-order valence-electron chi connectivity index (χ3n) is 2.25. The minimum Gasteiger partial charge on any atom is -0.353 e. The zero-order chi connectivity index (χ0) is 11.6. The Balaban J connectivity index is 2.42. The molecule has 84 valence electrons. The fourth-order valence-corrected chi connectivity index (χ4v) is 4.99. The van der Waals surface area contributed by atoms with Gasteiger partial charge in [-0.05, 0) is 17.9 Å². The Morgan fingerprint density at radius 2 is 1.88 bits per heavy atom. The smallest absolute Gasteiger partial charge is 0.195 e. The van der Waals surface area contributed by atoms with Crippen molar-refractivity contribution in [3.05, 3.63) is 46.9 Å². The number of allylic oxidation sites excluding steroid dienone is 1. The van der Waals surface area contributed by atoms with Gasteiger partial charge in [0.05, 0.1) is 4.20 Å². The summed E-state index contributed by atoms with van der Waals surface area (Å²) in [7, 11) is 1.73. The molecule has 1 unspecified atom stereocenters. The van der Waals surface area contributed by atoms with E-state index in [0.717, 1.165) is 9.76 Å². The molecule has 0 aromatic heterocycles. The summed E-state index contributed by atoms with van der Waals surface area (Å²) in [4.78, 5) is 1.19. The quantitative estimate of drug-likeness (QED) is 0.745. The van der Waals surface area contributed by atoms with Gasteiger partial charge in [-0.3, -0.25) is 0 Å². The fourth-order valence-electron chi connectivity index (χ4n) is 1.55. The second kappa shape index (κ2) is 4.92. The number of methoxy groups -OCH3 is 1. The van der Waals surface area contributed by atoms with Crippen LogP contribution in [-0.2, 0) is 9.00 Å². The lowest BCUT2D eigenvalue weighted by Crippen LogP contribution is -2.24. The van der Waals surface area contributed by atoms with E-state index in [1.165, 1.54) is 4.91 Å². The van der Waals surface area contributed by atoms with Crippen LogP contribution in [0.5, 0.6) is 0 Å². The van der Waals surface area contributed by atoms with Gasteiger partial charge in [0.2, 0.25) is 0 Å². The van der Waals surface area contributed by atoms with E-state index in [9.17, 15) is 0 Å². The van der Waals surface area contributed by atoms with Crippen molar-refractivity contribution in [2.24, 2.45) is 0 Å². The van der Waals surface area contributed by atoms with Crippen LogP contribution in [-0.4, -0.2) is 11.3 Å². The second-order valence-electron chi connectivity index (χ2n) is 3.40. The average molecular weight is 268 g/mol. The number of hydrogen-bond acceptors (Lipinski definition) is 4. The van der Waals surface area contributed by atoms with Crippen molar-refractivity contribution >= 4 is 39.9 Å². The Hall–Kier alpha value is -0.290. The molecular formula is C12H12OS3. The number of hydrogen-bond donors (Lipinski definition) is 0. The zero-order valence-corrected chi connectivity index (χ0v) is 11.5. The Morgan fingerprint density at radius 3 is 2.44 bits per heavy atom. The van der Waals surface area contributed by atoms with Gasteiger partial charge in [0.1, 0.15) is 0 Å². The summed E-state index contributed by atoms with van der Waals surface area (Å²) in [6.07, 6.45) is 2.02. The first-order valence-corrected chi connectivity index (χ1v) is 6.91. The maximum atomic E-state index is 5.70. The van der Waals surface area contributed by atoms with E-state index in [1.807, 2.05) is 24.3 Å². The molecule has 0 radical (unpaired) electrons. The average Bonchev–Trinajstić information content (AvgIpc) is 2.29. The fraction of sp³-hybridized carbons (Fsp3) is 0.250. The molecule has 0 N–H and O–H groups in total. The molecule has 1 aromatic carbocycles. The van der Waals surface area contributed by atoms with Gasteiger partial charge in [0.25, 0.3) is 0 Å². The first kappa shape index (κ1) is 12.2. The predicted molar refractivity (Wildman–Crippen MR) is 76.7 cm³/mol. The molecule has 1 nitrogen and oxygen atoms in total. The molecule has 0 saturated heterocycles. The molecule has 2 rings (SSSR count). The number of benzene rings is 1. The number of rotatable bonds is 2. The summed E-state index contributed by atoms with van der Waals surface area (Å²) >= 11 is 8.58. The summed E-state index contributed by atoms with van der Waals surface area (Å²) < 4.78 is 6.16. The molecule has 16 heavy (non-hydrogen) atoms.